The summed E-state index contributed by atoms with van der Waals surface area (Å²) in [6.07, 6.45) is 6.95. The van der Waals surface area contributed by atoms with E-state index in [1.54, 1.807) is 0 Å². The maximum atomic E-state index is 6.10. The molecule has 0 amide bonds. The highest BCUT2D eigenvalue weighted by Crippen LogP contribution is 2.46. The largest absolute Gasteiger partial charge is 0.372 e. The Hall–Kier alpha value is -0.680. The van der Waals surface area contributed by atoms with Crippen LogP contribution in [0.25, 0.3) is 0 Å². The van der Waals surface area contributed by atoms with Gasteiger partial charge >= 0.3 is 0 Å². The fourth-order valence-electron chi connectivity index (χ4n) is 3.12. The van der Waals surface area contributed by atoms with Gasteiger partial charge in [-0.3, -0.25) is 0 Å². The van der Waals surface area contributed by atoms with Crippen LogP contribution in [0.4, 0.5) is 5.82 Å². The standard InChI is InChI=1S/C15H22BrN3O/c1-3-20-15(8-4-5-9-15)14-18-12(10-6-7-10)11(16)13(17-2)19-14/h10H,3-9H2,1-2H3,(H,17,18,19). The zero-order chi connectivity index (χ0) is 14.2. The highest BCUT2D eigenvalue weighted by atomic mass is 79.9. The van der Waals surface area contributed by atoms with Gasteiger partial charge in [0, 0.05) is 19.6 Å². The zero-order valence-corrected chi connectivity index (χ0v) is 13.8. The summed E-state index contributed by atoms with van der Waals surface area (Å²) >= 11 is 3.65. The number of hydrogen-bond donors (Lipinski definition) is 1. The SMILES string of the molecule is CCOC1(c2nc(NC)c(Br)c(C3CC3)n2)CCCC1. The monoisotopic (exact) mass is 339 g/mol. The molecule has 2 aliphatic carbocycles. The smallest absolute Gasteiger partial charge is 0.162 e. The quantitative estimate of drug-likeness (QED) is 0.881. The number of ether oxygens (including phenoxy) is 1. The van der Waals surface area contributed by atoms with Crippen molar-refractivity contribution in [1.29, 1.82) is 0 Å². The first-order chi connectivity index (χ1) is 9.70. The van der Waals surface area contributed by atoms with Crippen LogP contribution in [0.3, 0.4) is 0 Å². The molecule has 0 saturated heterocycles. The van der Waals surface area contributed by atoms with Crippen LogP contribution in [0.5, 0.6) is 0 Å². The number of hydrogen-bond acceptors (Lipinski definition) is 4. The summed E-state index contributed by atoms with van der Waals surface area (Å²) in [5.74, 6) is 2.37. The molecule has 0 aromatic carbocycles. The minimum Gasteiger partial charge on any atom is -0.372 e. The van der Waals surface area contributed by atoms with E-state index >= 15 is 0 Å². The molecule has 1 aromatic rings. The molecule has 2 aliphatic rings. The Morgan fingerprint density at radius 3 is 2.55 bits per heavy atom. The average molecular weight is 340 g/mol. The third-order valence-corrected chi connectivity index (χ3v) is 5.10. The molecule has 0 bridgehead atoms. The fourth-order valence-corrected chi connectivity index (χ4v) is 3.82. The molecule has 20 heavy (non-hydrogen) atoms. The molecule has 110 valence electrons. The number of aromatic nitrogens is 2. The Morgan fingerprint density at radius 1 is 1.30 bits per heavy atom. The Kier molecular flexibility index (Phi) is 4.00. The van der Waals surface area contributed by atoms with E-state index in [2.05, 4.69) is 28.2 Å². The van der Waals surface area contributed by atoms with Gasteiger partial charge in [0.25, 0.3) is 0 Å². The van der Waals surface area contributed by atoms with Crippen molar-refractivity contribution in [2.24, 2.45) is 0 Å². The van der Waals surface area contributed by atoms with Gasteiger partial charge in [-0.15, -0.1) is 0 Å². The predicted octanol–water partition coefficient (Wildman–Crippen LogP) is 3.96. The number of rotatable bonds is 5. The Morgan fingerprint density at radius 2 is 2.00 bits per heavy atom. The molecular weight excluding hydrogens is 318 g/mol. The zero-order valence-electron chi connectivity index (χ0n) is 12.2. The van der Waals surface area contributed by atoms with E-state index in [1.807, 2.05) is 7.05 Å². The second kappa shape index (κ2) is 5.60. The summed E-state index contributed by atoms with van der Waals surface area (Å²) in [7, 11) is 1.91. The summed E-state index contributed by atoms with van der Waals surface area (Å²) in [6, 6.07) is 0. The molecule has 4 nitrogen and oxygen atoms in total. The maximum absolute atomic E-state index is 6.10. The van der Waals surface area contributed by atoms with Gasteiger partial charge in [0.05, 0.1) is 10.2 Å². The first kappa shape index (κ1) is 14.3. The lowest BCUT2D eigenvalue weighted by atomic mass is 10.0. The van der Waals surface area contributed by atoms with Crippen LogP contribution in [0, 0.1) is 0 Å². The molecule has 0 spiro atoms. The van der Waals surface area contributed by atoms with Gasteiger partial charge in [0.2, 0.25) is 0 Å². The molecule has 2 fully saturated rings. The van der Waals surface area contributed by atoms with E-state index in [4.69, 9.17) is 14.7 Å². The lowest BCUT2D eigenvalue weighted by Gasteiger charge is -2.28. The lowest BCUT2D eigenvalue weighted by Crippen LogP contribution is -2.29. The average Bonchev–Trinajstić information content (AvgIpc) is 3.19. The van der Waals surface area contributed by atoms with Gasteiger partial charge in [-0.05, 0) is 61.4 Å². The van der Waals surface area contributed by atoms with E-state index in [0.717, 1.165) is 34.7 Å². The number of anilines is 1. The molecule has 1 N–H and O–H groups in total. The number of nitrogens with zero attached hydrogens (tertiary/aromatic N) is 2. The van der Waals surface area contributed by atoms with Crippen LogP contribution in [0.15, 0.2) is 4.47 Å². The predicted molar refractivity (Wildman–Crippen MR) is 83.0 cm³/mol. The van der Waals surface area contributed by atoms with Crippen molar-refractivity contribution in [3.63, 3.8) is 0 Å². The second-order valence-corrected chi connectivity index (χ2v) is 6.55. The van der Waals surface area contributed by atoms with Crippen molar-refractivity contribution < 1.29 is 4.74 Å². The van der Waals surface area contributed by atoms with Gasteiger partial charge in [-0.25, -0.2) is 9.97 Å². The fraction of sp³-hybridized carbons (Fsp3) is 0.733. The van der Waals surface area contributed by atoms with Gasteiger partial charge in [-0.1, -0.05) is 0 Å². The molecule has 3 rings (SSSR count). The maximum Gasteiger partial charge on any atom is 0.162 e. The molecule has 0 unspecified atom stereocenters. The van der Waals surface area contributed by atoms with Gasteiger partial charge in [-0.2, -0.15) is 0 Å². The molecule has 0 radical (unpaired) electrons. The molecule has 0 aliphatic heterocycles. The summed E-state index contributed by atoms with van der Waals surface area (Å²) < 4.78 is 7.13. The Bertz CT molecular complexity index is 496. The minimum absolute atomic E-state index is 0.259. The van der Waals surface area contributed by atoms with E-state index in [9.17, 15) is 0 Å². The topological polar surface area (TPSA) is 47.0 Å². The van der Waals surface area contributed by atoms with Crippen molar-refractivity contribution in [2.75, 3.05) is 19.0 Å². The lowest BCUT2D eigenvalue weighted by molar-refractivity contribution is -0.0457. The van der Waals surface area contributed by atoms with Gasteiger partial charge in [0.1, 0.15) is 11.4 Å². The van der Waals surface area contributed by atoms with Gasteiger partial charge in [0.15, 0.2) is 5.82 Å². The first-order valence-electron chi connectivity index (χ1n) is 7.60. The highest BCUT2D eigenvalue weighted by molar-refractivity contribution is 9.10. The summed E-state index contributed by atoms with van der Waals surface area (Å²) in [5.41, 5.74) is 0.898. The summed E-state index contributed by atoms with van der Waals surface area (Å²) in [5, 5.41) is 3.19. The normalized spacial score (nSPS) is 21.1. The second-order valence-electron chi connectivity index (χ2n) is 5.75. The molecule has 2 saturated carbocycles. The van der Waals surface area contributed by atoms with Crippen molar-refractivity contribution in [1.82, 2.24) is 9.97 Å². The number of nitrogens with one attached hydrogen (secondary N) is 1. The number of halogens is 1. The molecule has 1 heterocycles. The third kappa shape index (κ3) is 2.46. The van der Waals surface area contributed by atoms with Crippen molar-refractivity contribution in [2.45, 2.75) is 57.0 Å². The van der Waals surface area contributed by atoms with Crippen molar-refractivity contribution >= 4 is 21.7 Å². The van der Waals surface area contributed by atoms with Crippen LogP contribution in [0.2, 0.25) is 0 Å². The molecule has 1 aromatic heterocycles. The van der Waals surface area contributed by atoms with Gasteiger partial charge < -0.3 is 10.1 Å². The van der Waals surface area contributed by atoms with Crippen LogP contribution in [0.1, 0.15) is 62.9 Å². The third-order valence-electron chi connectivity index (χ3n) is 4.32. The van der Waals surface area contributed by atoms with E-state index < -0.39 is 0 Å². The van der Waals surface area contributed by atoms with Crippen LogP contribution in [-0.4, -0.2) is 23.6 Å². The van der Waals surface area contributed by atoms with Crippen molar-refractivity contribution in [3.05, 3.63) is 16.0 Å². The van der Waals surface area contributed by atoms with E-state index in [-0.39, 0.29) is 5.60 Å². The first-order valence-corrected chi connectivity index (χ1v) is 8.39. The van der Waals surface area contributed by atoms with Crippen LogP contribution >= 0.6 is 15.9 Å². The summed E-state index contributed by atoms with van der Waals surface area (Å²) in [6.45, 7) is 2.77. The Balaban J connectivity index is 2.05. The Labute approximate surface area is 128 Å². The molecular formula is C15H22BrN3O. The van der Waals surface area contributed by atoms with E-state index in [1.165, 1.54) is 25.7 Å². The van der Waals surface area contributed by atoms with Crippen molar-refractivity contribution in [3.8, 4) is 0 Å². The summed E-state index contributed by atoms with van der Waals surface area (Å²) in [4.78, 5) is 9.63. The highest BCUT2D eigenvalue weighted by Gasteiger charge is 2.41. The molecule has 5 heteroatoms. The van der Waals surface area contributed by atoms with Crippen LogP contribution in [-0.2, 0) is 10.3 Å². The molecule has 0 atom stereocenters. The minimum atomic E-state index is -0.259. The van der Waals surface area contributed by atoms with Crippen LogP contribution < -0.4 is 5.32 Å². The van der Waals surface area contributed by atoms with E-state index in [0.29, 0.717) is 12.5 Å².